The maximum Gasteiger partial charge on any atom is 0.247 e. The van der Waals surface area contributed by atoms with Crippen molar-refractivity contribution in [3.05, 3.63) is 35.9 Å². The first-order valence-corrected chi connectivity index (χ1v) is 7.75. The van der Waals surface area contributed by atoms with Crippen LogP contribution in [-0.2, 0) is 15.1 Å². The molecule has 1 aliphatic rings. The van der Waals surface area contributed by atoms with E-state index >= 15 is 0 Å². The van der Waals surface area contributed by atoms with Crippen LogP contribution in [0, 0.1) is 0 Å². The maximum atomic E-state index is 12.3. The summed E-state index contributed by atoms with van der Waals surface area (Å²) in [5.74, 6) is -0.975. The van der Waals surface area contributed by atoms with E-state index < -0.39 is 17.0 Å². The van der Waals surface area contributed by atoms with Gasteiger partial charge in [0.25, 0.3) is 0 Å². The lowest BCUT2D eigenvalue weighted by Crippen LogP contribution is -2.54. The summed E-state index contributed by atoms with van der Waals surface area (Å²) in [6.45, 7) is 1.59. The van der Waals surface area contributed by atoms with Crippen LogP contribution in [0.3, 0.4) is 0 Å². The number of amides is 2. The lowest BCUT2D eigenvalue weighted by atomic mass is 9.82. The van der Waals surface area contributed by atoms with Crippen molar-refractivity contribution in [3.8, 4) is 0 Å². The molecule has 0 aromatic heterocycles. The second-order valence-electron chi connectivity index (χ2n) is 6.37. The fourth-order valence-electron chi connectivity index (χ4n) is 3.06. The van der Waals surface area contributed by atoms with Crippen molar-refractivity contribution in [1.29, 1.82) is 0 Å². The summed E-state index contributed by atoms with van der Waals surface area (Å²) in [6, 6.07) is 8.91. The lowest BCUT2D eigenvalue weighted by Gasteiger charge is -2.34. The number of nitrogens with two attached hydrogens (primary N) is 1. The minimum absolute atomic E-state index is 0.00268. The maximum absolute atomic E-state index is 12.3. The van der Waals surface area contributed by atoms with Gasteiger partial charge in [-0.1, -0.05) is 49.6 Å². The van der Waals surface area contributed by atoms with Crippen LogP contribution in [0.15, 0.2) is 30.3 Å². The van der Waals surface area contributed by atoms with Crippen LogP contribution in [0.4, 0.5) is 0 Å². The fourth-order valence-corrected chi connectivity index (χ4v) is 3.06. The molecule has 1 aromatic carbocycles. The summed E-state index contributed by atoms with van der Waals surface area (Å²) < 4.78 is 0. The number of carbonyl (C=O) groups is 2. The molecule has 1 aliphatic carbocycles. The average molecular weight is 304 g/mol. The van der Waals surface area contributed by atoms with Crippen LogP contribution in [0.5, 0.6) is 0 Å². The third-order valence-electron chi connectivity index (χ3n) is 4.51. The van der Waals surface area contributed by atoms with Gasteiger partial charge in [0, 0.05) is 0 Å². The standard InChI is InChI=1S/C17H24N2O3/c1-16(15(18)21,13-8-4-2-5-9-13)19-14(20)12-17(22)10-6-3-7-11-17/h2,4-5,8-9,22H,3,6-7,10-12H2,1H3,(H2,18,21)(H,19,20). The fraction of sp³-hybridized carbons (Fsp3) is 0.529. The van der Waals surface area contributed by atoms with E-state index in [1.165, 1.54) is 0 Å². The van der Waals surface area contributed by atoms with E-state index in [9.17, 15) is 14.7 Å². The molecule has 5 heteroatoms. The lowest BCUT2D eigenvalue weighted by molar-refractivity contribution is -0.135. The molecule has 0 bridgehead atoms. The monoisotopic (exact) mass is 304 g/mol. The summed E-state index contributed by atoms with van der Waals surface area (Å²) in [5, 5.41) is 13.2. The van der Waals surface area contributed by atoms with Gasteiger partial charge in [-0.15, -0.1) is 0 Å². The van der Waals surface area contributed by atoms with E-state index in [1.807, 2.05) is 6.07 Å². The van der Waals surface area contributed by atoms with Crippen molar-refractivity contribution in [2.75, 3.05) is 0 Å². The van der Waals surface area contributed by atoms with E-state index in [4.69, 9.17) is 5.73 Å². The third kappa shape index (κ3) is 3.65. The first-order chi connectivity index (χ1) is 10.4. The van der Waals surface area contributed by atoms with Crippen molar-refractivity contribution in [1.82, 2.24) is 5.32 Å². The highest BCUT2D eigenvalue weighted by molar-refractivity contribution is 5.91. The molecule has 0 radical (unpaired) electrons. The van der Waals surface area contributed by atoms with Gasteiger partial charge < -0.3 is 16.2 Å². The first kappa shape index (κ1) is 16.5. The smallest absolute Gasteiger partial charge is 0.247 e. The summed E-state index contributed by atoms with van der Waals surface area (Å²) in [6.07, 6.45) is 4.19. The molecule has 1 fully saturated rings. The first-order valence-electron chi connectivity index (χ1n) is 7.75. The van der Waals surface area contributed by atoms with Crippen molar-refractivity contribution in [2.24, 2.45) is 5.73 Å². The third-order valence-corrected chi connectivity index (χ3v) is 4.51. The zero-order chi connectivity index (χ0) is 16.2. The van der Waals surface area contributed by atoms with E-state index in [0.717, 1.165) is 19.3 Å². The number of carbonyl (C=O) groups excluding carboxylic acids is 2. The number of benzene rings is 1. The Morgan fingerprint density at radius 3 is 2.36 bits per heavy atom. The zero-order valence-corrected chi connectivity index (χ0v) is 13.0. The minimum Gasteiger partial charge on any atom is -0.389 e. The Kier molecular flexibility index (Phi) is 4.86. The molecule has 1 unspecified atom stereocenters. The Labute approximate surface area is 130 Å². The Bertz CT molecular complexity index is 538. The zero-order valence-electron chi connectivity index (χ0n) is 13.0. The van der Waals surface area contributed by atoms with Gasteiger partial charge in [0.1, 0.15) is 5.54 Å². The Balaban J connectivity index is 2.11. The van der Waals surface area contributed by atoms with Gasteiger partial charge in [0.2, 0.25) is 11.8 Å². The van der Waals surface area contributed by atoms with Crippen molar-refractivity contribution >= 4 is 11.8 Å². The molecule has 4 N–H and O–H groups in total. The molecule has 1 aromatic rings. The second-order valence-corrected chi connectivity index (χ2v) is 6.37. The highest BCUT2D eigenvalue weighted by Crippen LogP contribution is 2.31. The number of aliphatic hydroxyl groups is 1. The summed E-state index contributed by atoms with van der Waals surface area (Å²) in [4.78, 5) is 24.2. The van der Waals surface area contributed by atoms with Crippen LogP contribution in [-0.4, -0.2) is 22.5 Å². The van der Waals surface area contributed by atoms with Crippen LogP contribution < -0.4 is 11.1 Å². The molecule has 2 amide bonds. The van der Waals surface area contributed by atoms with E-state index in [-0.39, 0.29) is 12.3 Å². The molecular weight excluding hydrogens is 280 g/mol. The molecule has 22 heavy (non-hydrogen) atoms. The van der Waals surface area contributed by atoms with E-state index in [2.05, 4.69) is 5.32 Å². The van der Waals surface area contributed by atoms with Gasteiger partial charge >= 0.3 is 0 Å². The van der Waals surface area contributed by atoms with Crippen LogP contribution in [0.2, 0.25) is 0 Å². The van der Waals surface area contributed by atoms with Gasteiger partial charge in [-0.25, -0.2) is 0 Å². The van der Waals surface area contributed by atoms with Gasteiger partial charge in [-0.05, 0) is 25.3 Å². The highest BCUT2D eigenvalue weighted by atomic mass is 16.3. The van der Waals surface area contributed by atoms with Gasteiger partial charge in [0.15, 0.2) is 0 Å². The molecule has 0 aliphatic heterocycles. The van der Waals surface area contributed by atoms with Gasteiger partial charge in [-0.3, -0.25) is 9.59 Å². The predicted molar refractivity (Wildman–Crippen MR) is 83.8 cm³/mol. The summed E-state index contributed by atoms with van der Waals surface area (Å²) in [7, 11) is 0. The number of primary amides is 1. The normalized spacial score (nSPS) is 19.9. The van der Waals surface area contributed by atoms with Crippen LogP contribution in [0.25, 0.3) is 0 Å². The van der Waals surface area contributed by atoms with Crippen molar-refractivity contribution in [3.63, 3.8) is 0 Å². The number of hydrogen-bond donors (Lipinski definition) is 3. The second kappa shape index (κ2) is 6.48. The number of rotatable bonds is 5. The average Bonchev–Trinajstić information content (AvgIpc) is 2.47. The molecule has 1 atom stereocenters. The van der Waals surface area contributed by atoms with Crippen molar-refractivity contribution < 1.29 is 14.7 Å². The van der Waals surface area contributed by atoms with Crippen LogP contribution in [0.1, 0.15) is 51.0 Å². The number of nitrogens with one attached hydrogen (secondary N) is 1. The van der Waals surface area contributed by atoms with Gasteiger partial charge in [-0.2, -0.15) is 0 Å². The predicted octanol–water partition coefficient (Wildman–Crippen LogP) is 1.59. The minimum atomic E-state index is -1.27. The Hall–Kier alpha value is -1.88. The SMILES string of the molecule is CC(NC(=O)CC1(O)CCCCC1)(C(N)=O)c1ccccc1. The molecule has 1 saturated carbocycles. The number of hydrogen-bond acceptors (Lipinski definition) is 3. The molecular formula is C17H24N2O3. The van der Waals surface area contributed by atoms with E-state index in [1.54, 1.807) is 31.2 Å². The molecule has 120 valence electrons. The van der Waals surface area contributed by atoms with Gasteiger partial charge in [0.05, 0.1) is 12.0 Å². The molecule has 5 nitrogen and oxygen atoms in total. The highest BCUT2D eigenvalue weighted by Gasteiger charge is 2.38. The summed E-state index contributed by atoms with van der Waals surface area (Å²) >= 11 is 0. The summed E-state index contributed by atoms with van der Waals surface area (Å²) in [5.41, 5.74) is 3.90. The largest absolute Gasteiger partial charge is 0.389 e. The quantitative estimate of drug-likeness (QED) is 0.771. The van der Waals surface area contributed by atoms with E-state index in [0.29, 0.717) is 18.4 Å². The topological polar surface area (TPSA) is 92.4 Å². The van der Waals surface area contributed by atoms with Crippen molar-refractivity contribution in [2.45, 2.75) is 56.6 Å². The molecule has 2 rings (SSSR count). The molecule has 0 spiro atoms. The molecule has 0 saturated heterocycles. The Morgan fingerprint density at radius 2 is 1.82 bits per heavy atom. The van der Waals surface area contributed by atoms with Crippen LogP contribution >= 0.6 is 0 Å². The molecule has 0 heterocycles. The Morgan fingerprint density at radius 1 is 1.23 bits per heavy atom.